The number of hydrogen-bond acceptors (Lipinski definition) is 6. The molecule has 1 saturated heterocycles. The molecule has 1 aromatic heterocycles. The van der Waals surface area contributed by atoms with Gasteiger partial charge < -0.3 is 15.0 Å². The molecule has 2 unspecified atom stereocenters. The topological polar surface area (TPSA) is 74.2 Å². The minimum absolute atomic E-state index is 0.0459. The number of ether oxygens (including phenoxy) is 1. The molecule has 17 heavy (non-hydrogen) atoms. The van der Waals surface area contributed by atoms with E-state index in [2.05, 4.69) is 24.0 Å². The molecule has 1 aliphatic heterocycles. The molecule has 0 radical (unpaired) electrons. The number of hydrogen-bond donors (Lipinski definition) is 1. The van der Waals surface area contributed by atoms with Gasteiger partial charge in [0, 0.05) is 11.5 Å². The van der Waals surface area contributed by atoms with Crippen molar-refractivity contribution in [1.29, 1.82) is 0 Å². The second kappa shape index (κ2) is 5.84. The predicted octanol–water partition coefficient (Wildman–Crippen LogP) is 1.92. The van der Waals surface area contributed by atoms with E-state index in [-0.39, 0.29) is 12.1 Å². The molecule has 0 spiro atoms. The van der Waals surface area contributed by atoms with Gasteiger partial charge in [-0.2, -0.15) is 16.7 Å². The van der Waals surface area contributed by atoms with Gasteiger partial charge in [-0.3, -0.25) is 0 Å². The lowest BCUT2D eigenvalue weighted by Crippen LogP contribution is -2.20. The average molecular weight is 257 g/mol. The van der Waals surface area contributed by atoms with E-state index >= 15 is 0 Å². The van der Waals surface area contributed by atoms with Crippen molar-refractivity contribution in [3.05, 3.63) is 11.7 Å². The van der Waals surface area contributed by atoms with E-state index in [1.807, 2.05) is 11.8 Å². The summed E-state index contributed by atoms with van der Waals surface area (Å²) in [5.74, 6) is 3.41. The summed E-state index contributed by atoms with van der Waals surface area (Å²) in [5.41, 5.74) is 6.05. The minimum atomic E-state index is -0.183. The number of rotatable bonds is 4. The average Bonchev–Trinajstić information content (AvgIpc) is 2.87. The first-order valence-corrected chi connectivity index (χ1v) is 7.16. The third-order valence-corrected chi connectivity index (χ3v) is 4.10. The largest absolute Gasteiger partial charge is 0.368 e. The molecule has 96 valence electrons. The summed E-state index contributed by atoms with van der Waals surface area (Å²) >= 11 is 1.85. The fourth-order valence-corrected chi connectivity index (χ4v) is 2.49. The lowest BCUT2D eigenvalue weighted by atomic mass is 10.0. The summed E-state index contributed by atoms with van der Waals surface area (Å²) in [6.45, 7) is 4.93. The monoisotopic (exact) mass is 257 g/mol. The Labute approximate surface area is 105 Å². The first kappa shape index (κ1) is 12.9. The molecule has 0 bridgehead atoms. The molecule has 1 aliphatic rings. The minimum Gasteiger partial charge on any atom is -0.368 e. The van der Waals surface area contributed by atoms with Crippen molar-refractivity contribution in [1.82, 2.24) is 10.1 Å². The van der Waals surface area contributed by atoms with Gasteiger partial charge in [0.1, 0.15) is 6.10 Å². The van der Waals surface area contributed by atoms with Gasteiger partial charge in [0.2, 0.25) is 11.7 Å². The van der Waals surface area contributed by atoms with E-state index in [1.165, 1.54) is 0 Å². The molecule has 5 nitrogen and oxygen atoms in total. The zero-order valence-corrected chi connectivity index (χ0v) is 11.1. The highest BCUT2D eigenvalue weighted by Crippen LogP contribution is 2.26. The molecule has 0 amide bonds. The number of nitrogens with two attached hydrogens (primary N) is 1. The Morgan fingerprint density at radius 1 is 1.59 bits per heavy atom. The first-order valence-electron chi connectivity index (χ1n) is 6.00. The lowest BCUT2D eigenvalue weighted by molar-refractivity contribution is 0.0677. The Morgan fingerprint density at radius 3 is 3.06 bits per heavy atom. The van der Waals surface area contributed by atoms with Crippen molar-refractivity contribution in [3.63, 3.8) is 0 Å². The van der Waals surface area contributed by atoms with Crippen molar-refractivity contribution in [2.45, 2.75) is 32.4 Å². The van der Waals surface area contributed by atoms with Gasteiger partial charge in [0.15, 0.2) is 0 Å². The smallest absolute Gasteiger partial charge is 0.243 e. The van der Waals surface area contributed by atoms with E-state index < -0.39 is 0 Å². The zero-order valence-electron chi connectivity index (χ0n) is 10.3. The van der Waals surface area contributed by atoms with Crippen LogP contribution < -0.4 is 5.73 Å². The van der Waals surface area contributed by atoms with E-state index in [1.54, 1.807) is 0 Å². The van der Waals surface area contributed by atoms with Crippen LogP contribution in [0.1, 0.15) is 44.1 Å². The summed E-state index contributed by atoms with van der Waals surface area (Å²) in [6.07, 6.45) is 0.949. The molecule has 2 heterocycles. The van der Waals surface area contributed by atoms with Gasteiger partial charge in [-0.15, -0.1) is 0 Å². The molecule has 1 fully saturated rings. The zero-order chi connectivity index (χ0) is 12.3. The fourth-order valence-electron chi connectivity index (χ4n) is 1.65. The summed E-state index contributed by atoms with van der Waals surface area (Å²) in [5, 5.41) is 3.97. The molecular weight excluding hydrogens is 238 g/mol. The van der Waals surface area contributed by atoms with Gasteiger partial charge in [0.05, 0.1) is 12.6 Å². The molecule has 0 saturated carbocycles. The van der Waals surface area contributed by atoms with Gasteiger partial charge >= 0.3 is 0 Å². The van der Waals surface area contributed by atoms with E-state index in [9.17, 15) is 0 Å². The van der Waals surface area contributed by atoms with Crippen LogP contribution in [0, 0.1) is 5.92 Å². The normalized spacial score (nSPS) is 24.5. The van der Waals surface area contributed by atoms with Crippen molar-refractivity contribution in [2.75, 3.05) is 18.1 Å². The van der Waals surface area contributed by atoms with Crippen LogP contribution in [0.2, 0.25) is 0 Å². The van der Waals surface area contributed by atoms with Gasteiger partial charge in [-0.1, -0.05) is 25.4 Å². The van der Waals surface area contributed by atoms with Crippen molar-refractivity contribution in [2.24, 2.45) is 11.7 Å². The van der Waals surface area contributed by atoms with Crippen LogP contribution >= 0.6 is 11.8 Å². The van der Waals surface area contributed by atoms with Crippen LogP contribution in [0.3, 0.4) is 0 Å². The summed E-state index contributed by atoms with van der Waals surface area (Å²) in [7, 11) is 0. The van der Waals surface area contributed by atoms with Crippen LogP contribution in [-0.2, 0) is 4.74 Å². The highest BCUT2D eigenvalue weighted by atomic mass is 32.2. The molecule has 1 aromatic rings. The highest BCUT2D eigenvalue weighted by molar-refractivity contribution is 7.99. The Balaban J connectivity index is 2.04. The maximum atomic E-state index is 6.05. The van der Waals surface area contributed by atoms with E-state index in [0.29, 0.717) is 17.6 Å². The maximum absolute atomic E-state index is 6.05. The van der Waals surface area contributed by atoms with E-state index in [4.69, 9.17) is 15.0 Å². The number of aromatic nitrogens is 2. The second-order valence-corrected chi connectivity index (χ2v) is 5.49. The molecule has 0 aromatic carbocycles. The third kappa shape index (κ3) is 3.00. The van der Waals surface area contributed by atoms with Gasteiger partial charge in [-0.25, -0.2) is 0 Å². The number of thioether (sulfide) groups is 1. The highest BCUT2D eigenvalue weighted by Gasteiger charge is 2.25. The van der Waals surface area contributed by atoms with Crippen LogP contribution in [0.5, 0.6) is 0 Å². The van der Waals surface area contributed by atoms with E-state index in [0.717, 1.165) is 24.5 Å². The van der Waals surface area contributed by atoms with Gasteiger partial charge in [-0.05, 0) is 5.92 Å². The van der Waals surface area contributed by atoms with Crippen molar-refractivity contribution >= 4 is 11.8 Å². The second-order valence-electron chi connectivity index (χ2n) is 4.34. The first-order chi connectivity index (χ1) is 8.22. The SMILES string of the molecule is CCC(C)[C@H](N)c1nc(C2CSCCO2)no1. The van der Waals surface area contributed by atoms with Crippen LogP contribution in [-0.4, -0.2) is 28.3 Å². The van der Waals surface area contributed by atoms with Crippen LogP contribution in [0.15, 0.2) is 4.52 Å². The summed E-state index contributed by atoms with van der Waals surface area (Å²) < 4.78 is 10.8. The Bertz CT molecular complexity index is 336. The predicted molar refractivity (Wildman–Crippen MR) is 66.7 cm³/mol. The molecule has 3 atom stereocenters. The summed E-state index contributed by atoms with van der Waals surface area (Å²) in [4.78, 5) is 4.36. The Morgan fingerprint density at radius 2 is 2.41 bits per heavy atom. The third-order valence-electron chi connectivity index (χ3n) is 3.10. The lowest BCUT2D eigenvalue weighted by Gasteiger charge is -2.18. The Kier molecular flexibility index (Phi) is 4.42. The maximum Gasteiger partial charge on any atom is 0.243 e. The Hall–Kier alpha value is -0.590. The molecule has 0 aliphatic carbocycles. The molecule has 2 N–H and O–H groups in total. The standard InChI is InChI=1S/C11H19N3O2S/c1-3-7(2)9(12)11-13-10(14-16-11)8-6-17-5-4-15-8/h7-9H,3-6,12H2,1-2H3/t7?,8?,9-/m0/s1. The fraction of sp³-hybridized carbons (Fsp3) is 0.818. The molecule has 2 rings (SSSR count). The summed E-state index contributed by atoms with van der Waals surface area (Å²) in [6, 6.07) is -0.183. The van der Waals surface area contributed by atoms with Crippen molar-refractivity contribution < 1.29 is 9.26 Å². The molecular formula is C11H19N3O2S. The number of nitrogens with zero attached hydrogens (tertiary/aromatic N) is 2. The molecule has 6 heteroatoms. The van der Waals surface area contributed by atoms with Gasteiger partial charge in [0.25, 0.3) is 0 Å². The van der Waals surface area contributed by atoms with Crippen LogP contribution in [0.25, 0.3) is 0 Å². The quantitative estimate of drug-likeness (QED) is 0.888. The van der Waals surface area contributed by atoms with Crippen LogP contribution in [0.4, 0.5) is 0 Å². The van der Waals surface area contributed by atoms with Crippen molar-refractivity contribution in [3.8, 4) is 0 Å².